The van der Waals surface area contributed by atoms with E-state index in [9.17, 15) is 17.4 Å². The van der Waals surface area contributed by atoms with Gasteiger partial charge in [0.15, 0.2) is 15.5 Å². The van der Waals surface area contributed by atoms with Crippen LogP contribution in [0.4, 0.5) is 0 Å². The monoisotopic (exact) mass is 471 g/mol. The predicted octanol–water partition coefficient (Wildman–Crippen LogP) is 2.04. The summed E-state index contributed by atoms with van der Waals surface area (Å²) in [5.74, 6) is -0.0669. The molecule has 1 aromatic heterocycles. The Bertz CT molecular complexity index is 1360. The molecule has 1 atom stereocenters. The van der Waals surface area contributed by atoms with Gasteiger partial charge in [0.2, 0.25) is 0 Å². The maximum atomic E-state index is 13.4. The number of morpholine rings is 1. The van der Waals surface area contributed by atoms with Crippen molar-refractivity contribution in [3.8, 4) is 16.9 Å². The maximum absolute atomic E-state index is 13.4. The Balaban J connectivity index is 1.74. The summed E-state index contributed by atoms with van der Waals surface area (Å²) in [5.41, 5.74) is 2.78. The molecule has 8 nitrogen and oxygen atoms in total. The Labute approximate surface area is 188 Å². The van der Waals surface area contributed by atoms with Gasteiger partial charge in [0.25, 0.3) is 5.91 Å². The molecular weight excluding hydrogens is 450 g/mol. The molecule has 0 radical (unpaired) electrons. The average Bonchev–Trinajstić information content (AvgIpc) is 3.18. The van der Waals surface area contributed by atoms with Gasteiger partial charge in [0.05, 0.1) is 46.0 Å². The topological polar surface area (TPSA) is 98.6 Å². The lowest BCUT2D eigenvalue weighted by Gasteiger charge is -2.26. The fourth-order valence-corrected chi connectivity index (χ4v) is 6.05. The highest BCUT2D eigenvalue weighted by molar-refractivity contribution is 7.90. The van der Waals surface area contributed by atoms with E-state index < -0.39 is 20.6 Å². The molecule has 2 aliphatic rings. The minimum absolute atomic E-state index is 0.160. The second kappa shape index (κ2) is 7.95. The second-order valence-electron chi connectivity index (χ2n) is 7.75. The molecule has 3 heterocycles. The van der Waals surface area contributed by atoms with Crippen molar-refractivity contribution in [2.24, 2.45) is 0 Å². The molecule has 5 rings (SSSR count). The highest BCUT2D eigenvalue weighted by atomic mass is 32.2. The molecule has 0 bridgehead atoms. The van der Waals surface area contributed by atoms with Gasteiger partial charge in [-0.25, -0.2) is 13.1 Å². The molecular formula is C22H21N3O5S2. The quantitative estimate of drug-likeness (QED) is 0.580. The zero-order valence-electron chi connectivity index (χ0n) is 17.4. The van der Waals surface area contributed by atoms with Crippen LogP contribution in [-0.4, -0.2) is 65.8 Å². The van der Waals surface area contributed by atoms with Crippen molar-refractivity contribution in [1.82, 2.24) is 14.7 Å². The molecule has 0 N–H and O–H groups in total. The third-order valence-corrected chi connectivity index (χ3v) is 8.15. The Morgan fingerprint density at radius 3 is 2.59 bits per heavy atom. The number of fused-ring (bicyclic) bond motifs is 3. The first-order chi connectivity index (χ1) is 15.3. The number of rotatable bonds is 3. The van der Waals surface area contributed by atoms with Gasteiger partial charge in [-0.3, -0.25) is 9.00 Å². The van der Waals surface area contributed by atoms with Crippen LogP contribution in [0.5, 0.6) is 0 Å². The van der Waals surface area contributed by atoms with Crippen molar-refractivity contribution >= 4 is 26.5 Å². The number of benzene rings is 2. The first-order valence-electron chi connectivity index (χ1n) is 10.1. The van der Waals surface area contributed by atoms with Crippen molar-refractivity contribution in [3.05, 3.63) is 59.8 Å². The Hall–Kier alpha value is -2.82. The number of nitrogens with zero attached hydrogens (tertiary/aromatic N) is 3. The predicted molar refractivity (Wildman–Crippen MR) is 119 cm³/mol. The van der Waals surface area contributed by atoms with Crippen molar-refractivity contribution in [3.63, 3.8) is 0 Å². The van der Waals surface area contributed by atoms with Gasteiger partial charge in [-0.15, -0.1) is 0 Å². The lowest BCUT2D eigenvalue weighted by molar-refractivity contribution is 0.0298. The van der Waals surface area contributed by atoms with E-state index in [0.29, 0.717) is 48.1 Å². The van der Waals surface area contributed by atoms with Crippen LogP contribution >= 0.6 is 0 Å². The van der Waals surface area contributed by atoms with E-state index in [1.54, 1.807) is 27.8 Å². The van der Waals surface area contributed by atoms with Crippen LogP contribution in [0.3, 0.4) is 0 Å². The van der Waals surface area contributed by atoms with E-state index in [2.05, 4.69) is 5.10 Å². The van der Waals surface area contributed by atoms with Gasteiger partial charge >= 0.3 is 0 Å². The van der Waals surface area contributed by atoms with E-state index in [1.165, 1.54) is 6.07 Å². The van der Waals surface area contributed by atoms with Crippen LogP contribution in [0.25, 0.3) is 16.9 Å². The lowest BCUT2D eigenvalue weighted by Crippen LogP contribution is -2.41. The van der Waals surface area contributed by atoms with Crippen LogP contribution < -0.4 is 0 Å². The number of carbonyl (C=O) groups is 1. The van der Waals surface area contributed by atoms with Gasteiger partial charge in [0.1, 0.15) is 0 Å². The molecule has 32 heavy (non-hydrogen) atoms. The summed E-state index contributed by atoms with van der Waals surface area (Å²) >= 11 is 0. The summed E-state index contributed by atoms with van der Waals surface area (Å²) in [6.45, 7) is 1.84. The summed E-state index contributed by atoms with van der Waals surface area (Å²) in [6, 6.07) is 13.8. The maximum Gasteiger partial charge on any atom is 0.274 e. The van der Waals surface area contributed by atoms with Crippen molar-refractivity contribution in [2.75, 3.05) is 32.6 Å². The number of amides is 1. The normalized spacial score (nSPS) is 18.2. The molecule has 2 aliphatic heterocycles. The van der Waals surface area contributed by atoms with Gasteiger partial charge in [-0.05, 0) is 24.3 Å². The zero-order valence-corrected chi connectivity index (χ0v) is 19.0. The third-order valence-electron chi connectivity index (χ3n) is 5.64. The van der Waals surface area contributed by atoms with Crippen LogP contribution in [0.15, 0.2) is 58.3 Å². The average molecular weight is 472 g/mol. The molecule has 0 spiro atoms. The minimum Gasteiger partial charge on any atom is -0.378 e. The van der Waals surface area contributed by atoms with Gasteiger partial charge in [-0.1, -0.05) is 24.3 Å². The lowest BCUT2D eigenvalue weighted by atomic mass is 10.0. The summed E-state index contributed by atoms with van der Waals surface area (Å²) < 4.78 is 44.2. The zero-order chi connectivity index (χ0) is 22.5. The number of hydrogen-bond acceptors (Lipinski definition) is 6. The van der Waals surface area contributed by atoms with E-state index >= 15 is 0 Å². The summed E-state index contributed by atoms with van der Waals surface area (Å²) in [6.07, 6.45) is 1.15. The number of sulfone groups is 1. The minimum atomic E-state index is -3.43. The van der Waals surface area contributed by atoms with Crippen LogP contribution in [-0.2, 0) is 31.1 Å². The molecule has 10 heteroatoms. The highest BCUT2D eigenvalue weighted by Crippen LogP contribution is 2.39. The highest BCUT2D eigenvalue weighted by Gasteiger charge is 2.34. The fraction of sp³-hybridized carbons (Fsp3) is 0.273. The SMILES string of the molecule is CS(=O)(=O)c1cccc(-n2nc(C(=O)N3CCOCC3)c3c2-c2ccccc2S(=O)C3)c1. The molecule has 1 unspecified atom stereocenters. The fourth-order valence-electron chi connectivity index (χ4n) is 4.05. The smallest absolute Gasteiger partial charge is 0.274 e. The molecule has 0 aliphatic carbocycles. The number of aromatic nitrogens is 2. The summed E-state index contributed by atoms with van der Waals surface area (Å²) in [4.78, 5) is 15.9. The van der Waals surface area contributed by atoms with Crippen molar-refractivity contribution < 1.29 is 22.2 Å². The number of hydrogen-bond donors (Lipinski definition) is 0. The standard InChI is InChI=1S/C22H21N3O5S2/c1-32(28,29)16-6-4-5-15(13-16)25-21-17-7-2-3-8-19(17)31(27)14-18(21)20(23-25)22(26)24-9-11-30-12-10-24/h2-8,13H,9-12,14H2,1H3. The van der Waals surface area contributed by atoms with E-state index in [1.807, 2.05) is 24.3 Å². The molecule has 1 saturated heterocycles. The Morgan fingerprint density at radius 2 is 1.84 bits per heavy atom. The van der Waals surface area contributed by atoms with E-state index in [4.69, 9.17) is 4.74 Å². The van der Waals surface area contributed by atoms with Crippen LogP contribution in [0, 0.1) is 0 Å². The van der Waals surface area contributed by atoms with Crippen molar-refractivity contribution in [1.29, 1.82) is 0 Å². The summed E-state index contributed by atoms with van der Waals surface area (Å²) in [5, 5.41) is 4.65. The van der Waals surface area contributed by atoms with Gasteiger partial charge < -0.3 is 9.64 Å². The Kier molecular flexibility index (Phi) is 5.23. The van der Waals surface area contributed by atoms with E-state index in [-0.39, 0.29) is 22.2 Å². The largest absolute Gasteiger partial charge is 0.378 e. The molecule has 1 amide bonds. The number of ether oxygens (including phenoxy) is 1. The van der Waals surface area contributed by atoms with Crippen LogP contribution in [0.2, 0.25) is 0 Å². The molecule has 1 fully saturated rings. The third kappa shape index (κ3) is 3.58. The van der Waals surface area contributed by atoms with Crippen molar-refractivity contribution in [2.45, 2.75) is 15.5 Å². The van der Waals surface area contributed by atoms with E-state index in [0.717, 1.165) is 11.8 Å². The van der Waals surface area contributed by atoms with Crippen LogP contribution in [0.1, 0.15) is 16.1 Å². The first-order valence-corrected chi connectivity index (χ1v) is 13.3. The number of carbonyl (C=O) groups excluding carboxylic acids is 1. The molecule has 2 aromatic carbocycles. The molecule has 0 saturated carbocycles. The Morgan fingerprint density at radius 1 is 1.09 bits per heavy atom. The molecule has 3 aromatic rings. The van der Waals surface area contributed by atoms with Gasteiger partial charge in [-0.2, -0.15) is 5.10 Å². The van der Waals surface area contributed by atoms with Gasteiger partial charge in [0, 0.05) is 35.4 Å². The molecule has 166 valence electrons. The summed E-state index contributed by atoms with van der Waals surface area (Å²) in [7, 11) is -4.74. The first kappa shape index (κ1) is 21.0. The second-order valence-corrected chi connectivity index (χ2v) is 11.2.